The van der Waals surface area contributed by atoms with Gasteiger partial charge in [-0.05, 0) is 11.4 Å². The zero-order valence-electron chi connectivity index (χ0n) is 7.54. The molecule has 0 aromatic carbocycles. The molecule has 0 amide bonds. The molecule has 0 aliphatic heterocycles. The number of aliphatic hydroxyl groups excluding tert-OH is 1. The van der Waals surface area contributed by atoms with Crippen LogP contribution in [0.2, 0.25) is 0 Å². The highest BCUT2D eigenvalue weighted by Crippen LogP contribution is 2.16. The van der Waals surface area contributed by atoms with Gasteiger partial charge in [-0.3, -0.25) is 0 Å². The summed E-state index contributed by atoms with van der Waals surface area (Å²) in [6, 6.07) is 1.98. The molecule has 0 saturated heterocycles. The standard InChI is InChI=1S/C10H12O2S/c1-12-8-10-9(5-7-13-10)4-2-3-6-11/h5,7,11H,3,6,8H2,1H3. The average Bonchev–Trinajstić information content (AvgIpc) is 2.54. The minimum absolute atomic E-state index is 0.122. The van der Waals surface area contributed by atoms with Crippen LogP contribution in [-0.4, -0.2) is 18.8 Å². The van der Waals surface area contributed by atoms with Gasteiger partial charge in [0.2, 0.25) is 0 Å². The first-order valence-corrected chi connectivity index (χ1v) is 4.91. The van der Waals surface area contributed by atoms with Crippen molar-refractivity contribution in [3.8, 4) is 11.8 Å². The largest absolute Gasteiger partial charge is 0.395 e. The van der Waals surface area contributed by atoms with E-state index in [0.717, 1.165) is 10.4 Å². The number of hydrogen-bond acceptors (Lipinski definition) is 3. The van der Waals surface area contributed by atoms with Crippen molar-refractivity contribution < 1.29 is 9.84 Å². The predicted molar refractivity (Wildman–Crippen MR) is 53.6 cm³/mol. The third-order valence-electron chi connectivity index (χ3n) is 1.48. The van der Waals surface area contributed by atoms with E-state index in [2.05, 4.69) is 11.8 Å². The Labute approximate surface area is 82.2 Å². The fourth-order valence-electron chi connectivity index (χ4n) is 0.908. The van der Waals surface area contributed by atoms with Crippen molar-refractivity contribution in [2.45, 2.75) is 13.0 Å². The summed E-state index contributed by atoms with van der Waals surface area (Å²) in [4.78, 5) is 1.15. The average molecular weight is 196 g/mol. The van der Waals surface area contributed by atoms with Crippen molar-refractivity contribution in [2.24, 2.45) is 0 Å². The first kappa shape index (κ1) is 10.3. The molecule has 0 atom stereocenters. The van der Waals surface area contributed by atoms with E-state index in [1.54, 1.807) is 18.4 Å². The summed E-state index contributed by atoms with van der Waals surface area (Å²) >= 11 is 1.64. The first-order valence-electron chi connectivity index (χ1n) is 4.03. The lowest BCUT2D eigenvalue weighted by Gasteiger charge is -1.94. The van der Waals surface area contributed by atoms with Crippen molar-refractivity contribution in [2.75, 3.05) is 13.7 Å². The summed E-state index contributed by atoms with van der Waals surface area (Å²) < 4.78 is 5.03. The van der Waals surface area contributed by atoms with Gasteiger partial charge in [0.15, 0.2) is 0 Å². The lowest BCUT2D eigenvalue weighted by atomic mass is 10.2. The number of methoxy groups -OCH3 is 1. The van der Waals surface area contributed by atoms with Crippen LogP contribution >= 0.6 is 11.3 Å². The maximum absolute atomic E-state index is 8.54. The number of ether oxygens (including phenoxy) is 1. The molecule has 1 N–H and O–H groups in total. The molecule has 0 bridgehead atoms. The molecule has 70 valence electrons. The van der Waals surface area contributed by atoms with Gasteiger partial charge in [-0.25, -0.2) is 0 Å². The highest BCUT2D eigenvalue weighted by atomic mass is 32.1. The van der Waals surface area contributed by atoms with Gasteiger partial charge < -0.3 is 9.84 Å². The molecule has 1 aromatic heterocycles. The molecule has 1 rings (SSSR count). The van der Waals surface area contributed by atoms with Crippen LogP contribution < -0.4 is 0 Å². The van der Waals surface area contributed by atoms with Gasteiger partial charge in [0, 0.05) is 24.0 Å². The summed E-state index contributed by atoms with van der Waals surface area (Å²) in [5, 5.41) is 10.5. The Bertz CT molecular complexity index is 306. The van der Waals surface area contributed by atoms with Gasteiger partial charge in [0.05, 0.1) is 13.2 Å². The fraction of sp³-hybridized carbons (Fsp3) is 0.400. The van der Waals surface area contributed by atoms with E-state index < -0.39 is 0 Å². The Morgan fingerprint density at radius 2 is 2.46 bits per heavy atom. The van der Waals surface area contributed by atoms with Crippen LogP contribution in [0, 0.1) is 11.8 Å². The number of aliphatic hydroxyl groups is 1. The zero-order valence-corrected chi connectivity index (χ0v) is 8.36. The first-order chi connectivity index (χ1) is 6.38. The lowest BCUT2D eigenvalue weighted by Crippen LogP contribution is -1.85. The van der Waals surface area contributed by atoms with Crippen LogP contribution in [0.1, 0.15) is 16.9 Å². The van der Waals surface area contributed by atoms with Gasteiger partial charge in [-0.15, -0.1) is 11.3 Å². The summed E-state index contributed by atoms with van der Waals surface area (Å²) in [6.45, 7) is 0.734. The normalized spacial score (nSPS) is 9.38. The topological polar surface area (TPSA) is 29.5 Å². The van der Waals surface area contributed by atoms with E-state index in [-0.39, 0.29) is 6.61 Å². The Morgan fingerprint density at radius 3 is 3.15 bits per heavy atom. The monoisotopic (exact) mass is 196 g/mol. The van der Waals surface area contributed by atoms with Crippen LogP contribution in [0.4, 0.5) is 0 Å². The second-order valence-corrected chi connectivity index (χ2v) is 3.47. The molecular weight excluding hydrogens is 184 g/mol. The third kappa shape index (κ3) is 3.19. The Balaban J connectivity index is 2.66. The van der Waals surface area contributed by atoms with E-state index in [4.69, 9.17) is 9.84 Å². The molecule has 1 aromatic rings. The maximum atomic E-state index is 8.54. The Hall–Kier alpha value is -0.820. The summed E-state index contributed by atoms with van der Waals surface area (Å²) in [7, 11) is 1.67. The van der Waals surface area contributed by atoms with Gasteiger partial charge in [0.25, 0.3) is 0 Å². The second-order valence-electron chi connectivity index (χ2n) is 2.47. The molecule has 13 heavy (non-hydrogen) atoms. The minimum atomic E-state index is 0.122. The van der Waals surface area contributed by atoms with Crippen LogP contribution in [0.5, 0.6) is 0 Å². The predicted octanol–water partition coefficient (Wildman–Crippen LogP) is 1.63. The van der Waals surface area contributed by atoms with Gasteiger partial charge in [0.1, 0.15) is 0 Å². The highest BCUT2D eigenvalue weighted by molar-refractivity contribution is 7.10. The molecule has 0 fully saturated rings. The molecule has 0 saturated carbocycles. The van der Waals surface area contributed by atoms with Gasteiger partial charge in [-0.2, -0.15) is 0 Å². The third-order valence-corrected chi connectivity index (χ3v) is 2.38. The van der Waals surface area contributed by atoms with E-state index in [0.29, 0.717) is 13.0 Å². The summed E-state index contributed by atoms with van der Waals surface area (Å²) in [5.74, 6) is 5.89. The molecule has 1 heterocycles. The quantitative estimate of drug-likeness (QED) is 0.744. The smallest absolute Gasteiger partial charge is 0.0818 e. The lowest BCUT2D eigenvalue weighted by molar-refractivity contribution is 0.187. The maximum Gasteiger partial charge on any atom is 0.0818 e. The molecule has 2 nitrogen and oxygen atoms in total. The highest BCUT2D eigenvalue weighted by Gasteiger charge is 1.99. The van der Waals surface area contributed by atoms with Crippen molar-refractivity contribution in [3.63, 3.8) is 0 Å². The minimum Gasteiger partial charge on any atom is -0.395 e. The van der Waals surface area contributed by atoms with Crippen LogP contribution in [-0.2, 0) is 11.3 Å². The van der Waals surface area contributed by atoms with Crippen LogP contribution in [0.3, 0.4) is 0 Å². The zero-order chi connectivity index (χ0) is 9.52. The van der Waals surface area contributed by atoms with Crippen molar-refractivity contribution in [1.29, 1.82) is 0 Å². The van der Waals surface area contributed by atoms with E-state index in [1.165, 1.54) is 0 Å². The molecule has 0 aliphatic carbocycles. The van der Waals surface area contributed by atoms with Gasteiger partial charge >= 0.3 is 0 Å². The second kappa shape index (κ2) is 5.76. The number of rotatable bonds is 3. The Kier molecular flexibility index (Phi) is 4.55. The van der Waals surface area contributed by atoms with Crippen molar-refractivity contribution in [1.82, 2.24) is 0 Å². The SMILES string of the molecule is COCc1sccc1C#CCCO. The number of thiophene rings is 1. The van der Waals surface area contributed by atoms with E-state index >= 15 is 0 Å². The Morgan fingerprint density at radius 1 is 1.62 bits per heavy atom. The molecule has 3 heteroatoms. The van der Waals surface area contributed by atoms with Crippen molar-refractivity contribution >= 4 is 11.3 Å². The van der Waals surface area contributed by atoms with E-state index in [1.807, 2.05) is 11.4 Å². The molecular formula is C10H12O2S. The number of hydrogen-bond donors (Lipinski definition) is 1. The fourth-order valence-corrected chi connectivity index (χ4v) is 1.71. The van der Waals surface area contributed by atoms with Crippen molar-refractivity contribution in [3.05, 3.63) is 21.9 Å². The summed E-state index contributed by atoms with van der Waals surface area (Å²) in [5.41, 5.74) is 1.01. The van der Waals surface area contributed by atoms with Crippen LogP contribution in [0.25, 0.3) is 0 Å². The van der Waals surface area contributed by atoms with E-state index in [9.17, 15) is 0 Å². The molecule has 0 aliphatic rings. The molecule has 0 radical (unpaired) electrons. The molecule has 0 unspecified atom stereocenters. The van der Waals surface area contributed by atoms with Gasteiger partial charge in [-0.1, -0.05) is 11.8 Å². The summed E-state index contributed by atoms with van der Waals surface area (Å²) in [6.07, 6.45) is 0.530. The van der Waals surface area contributed by atoms with Crippen LogP contribution in [0.15, 0.2) is 11.4 Å². The molecule has 0 spiro atoms.